The van der Waals surface area contributed by atoms with Crippen molar-refractivity contribution in [3.63, 3.8) is 0 Å². The average Bonchev–Trinajstić information content (AvgIpc) is 2.56. The zero-order chi connectivity index (χ0) is 17.2. The average molecular weight is 362 g/mol. The molecule has 0 radical (unpaired) electrons. The van der Waals surface area contributed by atoms with E-state index in [4.69, 9.17) is 16.3 Å². The van der Waals surface area contributed by atoms with Crippen LogP contribution in [-0.4, -0.2) is 63.3 Å². The topological polar surface area (TPSA) is 73.2 Å². The van der Waals surface area contributed by atoms with E-state index in [1.54, 1.807) is 30.5 Å². The van der Waals surface area contributed by atoms with Gasteiger partial charge in [-0.3, -0.25) is 4.90 Å². The van der Waals surface area contributed by atoms with Crippen LogP contribution in [0.3, 0.4) is 0 Å². The molecule has 5 nitrogen and oxygen atoms in total. The Balaban J connectivity index is 2.58. The second kappa shape index (κ2) is 7.70. The van der Waals surface area contributed by atoms with Crippen LogP contribution in [0, 0.1) is 0 Å². The number of ether oxygens (including phenoxy) is 1. The Kier molecular flexibility index (Phi) is 6.35. The number of aliphatic hydroxyl groups is 3. The van der Waals surface area contributed by atoms with Crippen molar-refractivity contribution in [2.45, 2.75) is 43.3 Å². The predicted octanol–water partition coefficient (Wildman–Crippen LogP) is 1.64. The van der Waals surface area contributed by atoms with Gasteiger partial charge in [-0.05, 0) is 31.5 Å². The molecule has 0 bridgehead atoms. The molecule has 1 heterocycles. The highest BCUT2D eigenvalue weighted by atomic mass is 35.5. The second-order valence-corrected chi connectivity index (χ2v) is 6.90. The first-order valence-corrected chi connectivity index (χ1v) is 9.34. The van der Waals surface area contributed by atoms with Gasteiger partial charge in [0.25, 0.3) is 0 Å². The molecule has 1 fully saturated rings. The molecule has 23 heavy (non-hydrogen) atoms. The largest absolute Gasteiger partial charge is 0.387 e. The molecule has 0 aromatic heterocycles. The molecule has 130 valence electrons. The molecule has 3 N–H and O–H groups in total. The molecule has 1 aromatic carbocycles. The van der Waals surface area contributed by atoms with Crippen molar-refractivity contribution in [2.24, 2.45) is 0 Å². The van der Waals surface area contributed by atoms with E-state index in [1.165, 1.54) is 11.8 Å². The van der Waals surface area contributed by atoms with Gasteiger partial charge in [-0.2, -0.15) is 0 Å². The molecule has 0 amide bonds. The number of benzene rings is 1. The van der Waals surface area contributed by atoms with E-state index < -0.39 is 29.5 Å². The third kappa shape index (κ3) is 3.26. The first-order valence-electron chi connectivity index (χ1n) is 7.68. The van der Waals surface area contributed by atoms with Gasteiger partial charge in [0.05, 0.1) is 0 Å². The van der Waals surface area contributed by atoms with E-state index >= 15 is 0 Å². The third-order valence-corrected chi connectivity index (χ3v) is 5.46. The van der Waals surface area contributed by atoms with Gasteiger partial charge in [0, 0.05) is 10.6 Å². The maximum absolute atomic E-state index is 10.8. The van der Waals surface area contributed by atoms with Crippen molar-refractivity contribution in [3.05, 3.63) is 34.9 Å². The van der Waals surface area contributed by atoms with Crippen LogP contribution in [0.25, 0.3) is 0 Å². The van der Waals surface area contributed by atoms with Crippen LogP contribution in [0.2, 0.25) is 5.02 Å². The van der Waals surface area contributed by atoms with Crippen LogP contribution in [0.5, 0.6) is 0 Å². The minimum atomic E-state index is -1.31. The van der Waals surface area contributed by atoms with Gasteiger partial charge in [-0.1, -0.05) is 37.6 Å². The molecule has 7 heteroatoms. The number of aliphatic hydroxyl groups excluding tert-OH is 3. The van der Waals surface area contributed by atoms with Gasteiger partial charge >= 0.3 is 0 Å². The Hall–Kier alpha value is -0.340. The highest BCUT2D eigenvalue weighted by Gasteiger charge is 2.56. The minimum Gasteiger partial charge on any atom is -0.387 e. The molecule has 1 aromatic rings. The standard InChI is InChI=1S/C16H24ClNO4S/c1-4-18(5-2)16(10-6-8-11(17)9-7-10)14(21)12(19)13(20)15(22-16)23-3/h6-9,12-15,19-21H,4-5H2,1-3H3. The number of nitrogens with zero attached hydrogens (tertiary/aromatic N) is 1. The fraction of sp³-hybridized carbons (Fsp3) is 0.625. The summed E-state index contributed by atoms with van der Waals surface area (Å²) in [6.07, 6.45) is -1.96. The van der Waals surface area contributed by atoms with Crippen LogP contribution >= 0.6 is 23.4 Å². The smallest absolute Gasteiger partial charge is 0.178 e. The summed E-state index contributed by atoms with van der Waals surface area (Å²) in [4.78, 5) is 1.94. The number of rotatable bonds is 5. The lowest BCUT2D eigenvalue weighted by Gasteiger charge is -2.53. The lowest BCUT2D eigenvalue weighted by Crippen LogP contribution is -2.68. The summed E-state index contributed by atoms with van der Waals surface area (Å²) in [7, 11) is 0. The van der Waals surface area contributed by atoms with Crippen molar-refractivity contribution in [2.75, 3.05) is 19.3 Å². The summed E-state index contributed by atoms with van der Waals surface area (Å²) in [5.41, 5.74) is -1.19. The van der Waals surface area contributed by atoms with Crippen molar-refractivity contribution < 1.29 is 20.1 Å². The number of hydrogen-bond donors (Lipinski definition) is 3. The maximum Gasteiger partial charge on any atom is 0.178 e. The molecular formula is C16H24ClNO4S. The fourth-order valence-corrected chi connectivity index (χ4v) is 3.96. The predicted molar refractivity (Wildman–Crippen MR) is 92.5 cm³/mol. The summed E-state index contributed by atoms with van der Waals surface area (Å²) in [6.45, 7) is 5.14. The first kappa shape index (κ1) is 19.0. The number of hydrogen-bond acceptors (Lipinski definition) is 6. The minimum absolute atomic E-state index is 0.579. The molecule has 0 spiro atoms. The normalized spacial score (nSPS) is 34.8. The zero-order valence-corrected chi connectivity index (χ0v) is 15.1. The first-order chi connectivity index (χ1) is 10.9. The van der Waals surface area contributed by atoms with Crippen LogP contribution in [0.4, 0.5) is 0 Å². The van der Waals surface area contributed by atoms with Gasteiger partial charge in [-0.25, -0.2) is 0 Å². The van der Waals surface area contributed by atoms with E-state index in [0.29, 0.717) is 23.7 Å². The summed E-state index contributed by atoms with van der Waals surface area (Å²) < 4.78 is 6.17. The molecule has 0 saturated carbocycles. The zero-order valence-electron chi connectivity index (χ0n) is 13.5. The summed E-state index contributed by atoms with van der Waals surface area (Å²) in [5, 5.41) is 31.9. The number of halogens is 1. The van der Waals surface area contributed by atoms with Crippen LogP contribution in [0.15, 0.2) is 24.3 Å². The van der Waals surface area contributed by atoms with Crippen LogP contribution in [-0.2, 0) is 10.5 Å². The Morgan fingerprint density at radius 2 is 1.70 bits per heavy atom. The Labute approximate surface area is 146 Å². The third-order valence-electron chi connectivity index (χ3n) is 4.37. The van der Waals surface area contributed by atoms with Gasteiger partial charge in [0.15, 0.2) is 5.72 Å². The molecule has 1 aliphatic rings. The van der Waals surface area contributed by atoms with Gasteiger partial charge in [-0.15, -0.1) is 11.8 Å². The molecule has 1 aliphatic heterocycles. The Morgan fingerprint density at radius 1 is 1.13 bits per heavy atom. The second-order valence-electron chi connectivity index (χ2n) is 5.52. The summed E-state index contributed by atoms with van der Waals surface area (Å²) in [6, 6.07) is 7.02. The van der Waals surface area contributed by atoms with Crippen molar-refractivity contribution in [1.29, 1.82) is 0 Å². The van der Waals surface area contributed by atoms with Crippen molar-refractivity contribution in [3.8, 4) is 0 Å². The molecule has 0 aliphatic carbocycles. The Bertz CT molecular complexity index is 511. The quantitative estimate of drug-likeness (QED) is 0.740. The van der Waals surface area contributed by atoms with E-state index in [-0.39, 0.29) is 0 Å². The monoisotopic (exact) mass is 361 g/mol. The van der Waals surface area contributed by atoms with Crippen molar-refractivity contribution in [1.82, 2.24) is 4.90 Å². The van der Waals surface area contributed by atoms with E-state index in [0.717, 1.165) is 0 Å². The SMILES string of the molecule is CCN(CC)C1(c2ccc(Cl)cc2)OC(SC)C(O)C(O)C1O. The van der Waals surface area contributed by atoms with E-state index in [9.17, 15) is 15.3 Å². The van der Waals surface area contributed by atoms with Gasteiger partial charge in [0.1, 0.15) is 23.7 Å². The van der Waals surface area contributed by atoms with Crippen LogP contribution in [0.1, 0.15) is 19.4 Å². The van der Waals surface area contributed by atoms with Crippen molar-refractivity contribution >= 4 is 23.4 Å². The highest BCUT2D eigenvalue weighted by Crippen LogP contribution is 2.43. The highest BCUT2D eigenvalue weighted by molar-refractivity contribution is 7.99. The molecule has 1 saturated heterocycles. The summed E-state index contributed by atoms with van der Waals surface area (Å²) in [5.74, 6) is 0. The lowest BCUT2D eigenvalue weighted by atomic mass is 9.86. The van der Waals surface area contributed by atoms with Crippen LogP contribution < -0.4 is 0 Å². The number of likely N-dealkylation sites (N-methyl/N-ethyl adjacent to an activating group) is 1. The van der Waals surface area contributed by atoms with Gasteiger partial charge < -0.3 is 20.1 Å². The van der Waals surface area contributed by atoms with E-state index in [1.807, 2.05) is 18.7 Å². The lowest BCUT2D eigenvalue weighted by molar-refractivity contribution is -0.305. The van der Waals surface area contributed by atoms with Gasteiger partial charge in [0.2, 0.25) is 0 Å². The number of thioether (sulfide) groups is 1. The fourth-order valence-electron chi connectivity index (χ4n) is 3.15. The molecule has 5 unspecified atom stereocenters. The maximum atomic E-state index is 10.8. The molecule has 2 rings (SSSR count). The molecular weight excluding hydrogens is 338 g/mol. The Morgan fingerprint density at radius 3 is 2.17 bits per heavy atom. The molecule has 5 atom stereocenters. The van der Waals surface area contributed by atoms with E-state index in [2.05, 4.69) is 0 Å². The summed E-state index contributed by atoms with van der Waals surface area (Å²) >= 11 is 7.28.